The van der Waals surface area contributed by atoms with Crippen LogP contribution in [0.5, 0.6) is 0 Å². The summed E-state index contributed by atoms with van der Waals surface area (Å²) >= 11 is 0. The molecule has 0 spiro atoms. The Bertz CT molecular complexity index is 2750. The fourth-order valence-corrected chi connectivity index (χ4v) is 11.8. The van der Waals surface area contributed by atoms with Gasteiger partial charge in [0.25, 0.3) is 0 Å². The van der Waals surface area contributed by atoms with E-state index in [4.69, 9.17) is 33.5 Å². The molecule has 0 unspecified atom stereocenters. The maximum absolute atomic E-state index is 14.8. The van der Waals surface area contributed by atoms with Crippen molar-refractivity contribution in [2.24, 2.45) is 11.7 Å². The van der Waals surface area contributed by atoms with Gasteiger partial charge in [0.05, 0.1) is 25.2 Å². The van der Waals surface area contributed by atoms with Gasteiger partial charge in [-0.3, -0.25) is 56.7 Å². The smallest absolute Gasteiger partial charge is 0.475 e. The van der Waals surface area contributed by atoms with Gasteiger partial charge in [0.2, 0.25) is 41.4 Å². The molecule has 1 heterocycles. The number of carboxylic acids is 1. The number of nitrogens with zero attached hydrogens (tertiary/aromatic N) is 1. The third-order valence-corrected chi connectivity index (χ3v) is 16.5. The Kier molecular flexibility index (Phi) is 28.9. The van der Waals surface area contributed by atoms with Crippen molar-refractivity contribution < 1.29 is 90.2 Å². The Labute approximate surface area is 519 Å². The summed E-state index contributed by atoms with van der Waals surface area (Å²) in [6, 6.07) is 6.33. The van der Waals surface area contributed by atoms with E-state index in [1.165, 1.54) is 11.8 Å². The molecule has 1 saturated heterocycles. The predicted octanol–water partition coefficient (Wildman–Crippen LogP) is 4.80. The van der Waals surface area contributed by atoms with Crippen molar-refractivity contribution in [3.63, 3.8) is 0 Å². The summed E-state index contributed by atoms with van der Waals surface area (Å²) < 4.78 is 48.9. The number of likely N-dealkylation sites (tertiary alicyclic amines) is 1. The highest BCUT2D eigenvalue weighted by Crippen LogP contribution is 2.54. The lowest BCUT2D eigenvalue weighted by atomic mass is 9.98. The van der Waals surface area contributed by atoms with Crippen LogP contribution in [0.4, 0.5) is 4.79 Å². The molecular weight excluding hydrogens is 1180 g/mol. The molecule has 89 heavy (non-hydrogen) atoms. The van der Waals surface area contributed by atoms with Crippen LogP contribution in [0.3, 0.4) is 0 Å². The lowest BCUT2D eigenvalue weighted by Crippen LogP contribution is -2.60. The van der Waals surface area contributed by atoms with Gasteiger partial charge in [0, 0.05) is 19.4 Å². The topological polar surface area (TPSA) is 382 Å². The van der Waals surface area contributed by atoms with E-state index in [2.05, 4.69) is 31.9 Å². The molecule has 3 aliphatic rings. The first-order chi connectivity index (χ1) is 42.2. The fraction of sp³-hybridized carbons (Fsp3) is 0.623. The standard InChI is InChI=1S/C61H89N8O19P/c1-38(2)52(68-60(81)86-61(4,5)6)58(78)69-33-19-28-48(69)57(77)66-46(34-49(62)70)55(75)67-47(37-85-89(82,87-42-24-15-9-16-25-42)88-43-26-17-10-18-27-43)56(76)63-39(3)53(73)64-44(29-31-50(71)83-35-40-20-11-7-12-21-40)54(74)65-45(59(79)80)30-32-51(72)84-36-41-22-13-8-14-23-41/h7-8,11-14,20-23,38-39,42-48,52H,9-10,15-19,24-37H2,1-6H3,(H2,62,70)(H,63,76)(H,64,73)(H,65,74)(H,66,77)(H,67,75)(H,68,81)(H,79,80)/t39-,44-,45-,46-,47-,48-,52-/m0/s1. The highest BCUT2D eigenvalue weighted by molar-refractivity contribution is 7.48. The molecule has 28 heteroatoms. The van der Waals surface area contributed by atoms with E-state index in [9.17, 15) is 62.4 Å². The number of carboxylic acid groups (broad SMARTS) is 1. The van der Waals surface area contributed by atoms with Crippen molar-refractivity contribution in [2.45, 2.75) is 224 Å². The number of primary amides is 1. The van der Waals surface area contributed by atoms with E-state index in [0.717, 1.165) is 38.5 Å². The van der Waals surface area contributed by atoms with E-state index in [1.54, 1.807) is 95.3 Å². The number of aliphatic carboxylic acids is 1. The molecule has 5 rings (SSSR count). The van der Waals surface area contributed by atoms with Gasteiger partial charge in [-0.1, -0.05) is 113 Å². The lowest BCUT2D eigenvalue weighted by molar-refractivity contribution is -0.148. The number of hydrogen-bond donors (Lipinski definition) is 8. The Morgan fingerprint density at radius 2 is 1.09 bits per heavy atom. The lowest BCUT2D eigenvalue weighted by Gasteiger charge is -2.32. The van der Waals surface area contributed by atoms with Crippen molar-refractivity contribution in [2.75, 3.05) is 13.2 Å². The molecule has 2 aliphatic carbocycles. The van der Waals surface area contributed by atoms with Gasteiger partial charge in [0.15, 0.2) is 0 Å². The number of nitrogens with two attached hydrogens (primary N) is 1. The summed E-state index contributed by atoms with van der Waals surface area (Å²) in [7, 11) is -4.57. The highest BCUT2D eigenvalue weighted by Gasteiger charge is 2.42. The second-order valence-corrected chi connectivity index (χ2v) is 25.5. The van der Waals surface area contributed by atoms with E-state index < -0.39 is 178 Å². The Morgan fingerprint density at radius 1 is 0.607 bits per heavy atom. The number of hydrogen-bond acceptors (Lipinski definition) is 18. The quantitative estimate of drug-likeness (QED) is 0.0270. The Morgan fingerprint density at radius 3 is 1.58 bits per heavy atom. The molecule has 1 aliphatic heterocycles. The number of carbonyl (C=O) groups is 11. The summed E-state index contributed by atoms with van der Waals surface area (Å²) in [6.07, 6.45) is 2.88. The fourth-order valence-electron chi connectivity index (χ4n) is 10.1. The summed E-state index contributed by atoms with van der Waals surface area (Å²) in [6.45, 7) is 8.45. The minimum absolute atomic E-state index is 0.0869. The van der Waals surface area contributed by atoms with Gasteiger partial charge < -0.3 is 61.9 Å². The number of phosphoric acid groups is 1. The molecule has 3 fully saturated rings. The number of nitrogens with one attached hydrogen (secondary N) is 6. The molecule has 2 aromatic carbocycles. The molecule has 0 radical (unpaired) electrons. The predicted molar refractivity (Wildman–Crippen MR) is 320 cm³/mol. The maximum atomic E-state index is 14.8. The van der Waals surface area contributed by atoms with Crippen molar-refractivity contribution in [1.29, 1.82) is 0 Å². The summed E-state index contributed by atoms with van der Waals surface area (Å²) in [5.41, 5.74) is 6.05. The first kappa shape index (κ1) is 72.3. The van der Waals surface area contributed by atoms with E-state index in [-0.39, 0.29) is 26.2 Å². The van der Waals surface area contributed by atoms with Crippen molar-refractivity contribution in [3.05, 3.63) is 71.8 Å². The molecule has 0 bridgehead atoms. The number of ether oxygens (including phenoxy) is 3. The van der Waals surface area contributed by atoms with Gasteiger partial charge in [-0.25, -0.2) is 14.2 Å². The third-order valence-electron chi connectivity index (χ3n) is 14.9. The van der Waals surface area contributed by atoms with Gasteiger partial charge in [0.1, 0.15) is 61.1 Å². The molecule has 27 nitrogen and oxygen atoms in total. The first-order valence-electron chi connectivity index (χ1n) is 30.5. The normalized spacial score (nSPS) is 17.7. The molecule has 0 aromatic heterocycles. The van der Waals surface area contributed by atoms with E-state index >= 15 is 0 Å². The molecule has 8 amide bonds. The average molecular weight is 1270 g/mol. The molecule has 7 atom stereocenters. The van der Waals surface area contributed by atoms with Crippen LogP contribution >= 0.6 is 7.82 Å². The summed E-state index contributed by atoms with van der Waals surface area (Å²) in [5, 5.41) is 24.8. The van der Waals surface area contributed by atoms with Crippen molar-refractivity contribution >= 4 is 73.2 Å². The third kappa shape index (κ3) is 25.5. The zero-order chi connectivity index (χ0) is 65.3. The zero-order valence-corrected chi connectivity index (χ0v) is 52.6. The van der Waals surface area contributed by atoms with Crippen LogP contribution in [-0.4, -0.2) is 149 Å². The van der Waals surface area contributed by atoms with Crippen LogP contribution in [0.2, 0.25) is 0 Å². The minimum Gasteiger partial charge on any atom is -0.480 e. The maximum Gasteiger partial charge on any atom is 0.475 e. The average Bonchev–Trinajstić information content (AvgIpc) is 2.30. The molecule has 2 saturated carbocycles. The second-order valence-electron chi connectivity index (χ2n) is 23.9. The monoisotopic (exact) mass is 1270 g/mol. The molecule has 9 N–H and O–H groups in total. The first-order valence-corrected chi connectivity index (χ1v) is 32.0. The van der Waals surface area contributed by atoms with Gasteiger partial charge in [-0.05, 0) is 96.1 Å². The van der Waals surface area contributed by atoms with E-state index in [0.29, 0.717) is 43.2 Å². The van der Waals surface area contributed by atoms with Crippen molar-refractivity contribution in [3.8, 4) is 0 Å². The Hall–Kier alpha value is -7.48. The minimum atomic E-state index is -4.57. The van der Waals surface area contributed by atoms with Gasteiger partial charge in [-0.2, -0.15) is 0 Å². The SMILES string of the molecule is CC(C)[C@H](NC(=O)OC(C)(C)C)C(=O)N1CCC[C@H]1C(=O)N[C@@H](CC(N)=O)C(=O)N[C@@H](COP(=O)(OC1CCCCC1)OC1CCCCC1)C(=O)N[C@@H](C)C(=O)N[C@@H](CCC(=O)OCc1ccccc1)C(=O)N[C@@H](CCC(=O)OCc1ccccc1)C(=O)O. The number of phosphoric ester groups is 1. The number of esters is 2. The second kappa shape index (κ2) is 35.6. The number of benzene rings is 2. The Balaban J connectivity index is 1.38. The van der Waals surface area contributed by atoms with E-state index in [1.807, 2.05) is 0 Å². The molecule has 2 aromatic rings. The van der Waals surface area contributed by atoms with Crippen LogP contribution in [0.1, 0.15) is 162 Å². The van der Waals surface area contributed by atoms with Crippen LogP contribution in [0.15, 0.2) is 60.7 Å². The highest BCUT2D eigenvalue weighted by atomic mass is 31.2. The van der Waals surface area contributed by atoms with Crippen LogP contribution in [-0.2, 0) is 93.5 Å². The number of rotatable bonds is 33. The number of carbonyl (C=O) groups excluding carboxylic acids is 10. The summed E-state index contributed by atoms with van der Waals surface area (Å²) in [5.74, 6) is -10.6. The van der Waals surface area contributed by atoms with Gasteiger partial charge >= 0.3 is 31.8 Å². The molecular formula is C61H89N8O19P. The van der Waals surface area contributed by atoms with Crippen LogP contribution < -0.4 is 37.6 Å². The van der Waals surface area contributed by atoms with Crippen molar-refractivity contribution in [1.82, 2.24) is 36.8 Å². The zero-order valence-electron chi connectivity index (χ0n) is 51.7. The number of amides is 8. The van der Waals surface area contributed by atoms with Crippen LogP contribution in [0, 0.1) is 5.92 Å². The molecule has 492 valence electrons. The number of alkyl carbamates (subject to hydrolysis) is 1. The van der Waals surface area contributed by atoms with Crippen LogP contribution in [0.25, 0.3) is 0 Å². The summed E-state index contributed by atoms with van der Waals surface area (Å²) in [4.78, 5) is 150. The van der Waals surface area contributed by atoms with Gasteiger partial charge in [-0.15, -0.1) is 0 Å². The largest absolute Gasteiger partial charge is 0.480 e.